The summed E-state index contributed by atoms with van der Waals surface area (Å²) in [4.78, 5) is 48.0. The highest BCUT2D eigenvalue weighted by atomic mass is 32.1. The second-order valence-corrected chi connectivity index (χ2v) is 7.02. The fourth-order valence-electron chi connectivity index (χ4n) is 2.52. The predicted octanol–water partition coefficient (Wildman–Crippen LogP) is 3.53. The lowest BCUT2D eigenvalue weighted by molar-refractivity contribution is -0.384. The molecule has 1 aromatic carbocycles. The van der Waals surface area contributed by atoms with Crippen LogP contribution in [-0.4, -0.2) is 35.9 Å². The Hall–Kier alpha value is -3.27. The van der Waals surface area contributed by atoms with Crippen LogP contribution < -0.4 is 10.6 Å². The summed E-state index contributed by atoms with van der Waals surface area (Å²) in [7, 11) is 0. The van der Waals surface area contributed by atoms with Crippen LogP contribution in [-0.2, 0) is 4.74 Å². The lowest BCUT2D eigenvalue weighted by Crippen LogP contribution is -2.23. The minimum atomic E-state index is -0.662. The molecule has 0 atom stereocenters. The number of nitrogens with one attached hydrogen (secondary N) is 2. The zero-order chi connectivity index (χ0) is 21.6. The molecule has 0 aliphatic carbocycles. The molecule has 0 saturated carbocycles. The van der Waals surface area contributed by atoms with Crippen LogP contribution in [0.3, 0.4) is 0 Å². The Morgan fingerprint density at radius 3 is 2.55 bits per heavy atom. The van der Waals surface area contributed by atoms with E-state index >= 15 is 0 Å². The van der Waals surface area contributed by atoms with E-state index in [1.54, 1.807) is 13.8 Å². The van der Waals surface area contributed by atoms with E-state index in [1.807, 2.05) is 6.92 Å². The summed E-state index contributed by atoms with van der Waals surface area (Å²) in [6, 6.07) is 5.21. The highest BCUT2D eigenvalue weighted by Crippen LogP contribution is 2.34. The molecule has 0 saturated heterocycles. The van der Waals surface area contributed by atoms with Crippen molar-refractivity contribution in [3.63, 3.8) is 0 Å². The number of anilines is 1. The van der Waals surface area contributed by atoms with Crippen LogP contribution in [0.1, 0.15) is 56.2 Å². The van der Waals surface area contributed by atoms with Crippen LogP contribution in [0.2, 0.25) is 0 Å². The van der Waals surface area contributed by atoms with Gasteiger partial charge >= 0.3 is 5.97 Å². The first-order valence-electron chi connectivity index (χ1n) is 8.94. The molecule has 154 valence electrons. The lowest BCUT2D eigenvalue weighted by Gasteiger charge is -2.07. The normalized spacial score (nSPS) is 10.3. The first-order chi connectivity index (χ1) is 13.8. The number of nitrogens with zero attached hydrogens (tertiary/aromatic N) is 1. The molecule has 0 unspecified atom stereocenters. The summed E-state index contributed by atoms with van der Waals surface area (Å²) < 4.78 is 5.06. The van der Waals surface area contributed by atoms with Crippen molar-refractivity contribution in [2.75, 3.05) is 18.5 Å². The highest BCUT2D eigenvalue weighted by Gasteiger charge is 2.27. The fraction of sp³-hybridized carbons (Fsp3) is 0.316. The van der Waals surface area contributed by atoms with Gasteiger partial charge in [-0.25, -0.2) is 4.79 Å². The maximum Gasteiger partial charge on any atom is 0.341 e. The smallest absolute Gasteiger partial charge is 0.341 e. The monoisotopic (exact) mass is 419 g/mol. The van der Waals surface area contributed by atoms with Crippen molar-refractivity contribution in [1.82, 2.24) is 5.32 Å². The van der Waals surface area contributed by atoms with Gasteiger partial charge in [-0.15, -0.1) is 11.3 Å². The summed E-state index contributed by atoms with van der Waals surface area (Å²) in [5.41, 5.74) is 0.316. The molecule has 10 heteroatoms. The third kappa shape index (κ3) is 5.17. The number of carbonyl (C=O) groups is 3. The topological polar surface area (TPSA) is 128 Å². The molecule has 0 aliphatic heterocycles. The van der Waals surface area contributed by atoms with E-state index in [0.29, 0.717) is 12.1 Å². The number of nitro groups is 1. The number of non-ortho nitro benzene ring substituents is 1. The number of amides is 2. The molecule has 0 bridgehead atoms. The van der Waals surface area contributed by atoms with Gasteiger partial charge in [0, 0.05) is 24.2 Å². The molecule has 2 aromatic rings. The number of hydrogen-bond acceptors (Lipinski definition) is 7. The highest BCUT2D eigenvalue weighted by molar-refractivity contribution is 7.18. The van der Waals surface area contributed by atoms with Gasteiger partial charge in [-0.2, -0.15) is 0 Å². The van der Waals surface area contributed by atoms with Gasteiger partial charge in [0.2, 0.25) is 0 Å². The molecule has 0 radical (unpaired) electrons. The molecule has 9 nitrogen and oxygen atoms in total. The third-order valence-electron chi connectivity index (χ3n) is 3.91. The van der Waals surface area contributed by atoms with E-state index in [2.05, 4.69) is 10.6 Å². The number of rotatable bonds is 8. The summed E-state index contributed by atoms with van der Waals surface area (Å²) in [5.74, 6) is -1.65. The lowest BCUT2D eigenvalue weighted by atomic mass is 10.1. The zero-order valence-corrected chi connectivity index (χ0v) is 17.1. The molecule has 1 aromatic heterocycles. The number of hydrogen-bond donors (Lipinski definition) is 2. The van der Waals surface area contributed by atoms with Crippen LogP contribution in [0.25, 0.3) is 0 Å². The maximum atomic E-state index is 12.6. The van der Waals surface area contributed by atoms with Gasteiger partial charge < -0.3 is 15.4 Å². The van der Waals surface area contributed by atoms with Crippen molar-refractivity contribution in [3.8, 4) is 0 Å². The first kappa shape index (κ1) is 22.0. The molecule has 0 aliphatic rings. The predicted molar refractivity (Wildman–Crippen MR) is 109 cm³/mol. The Morgan fingerprint density at radius 2 is 1.93 bits per heavy atom. The molecule has 0 spiro atoms. The molecule has 1 heterocycles. The van der Waals surface area contributed by atoms with Crippen molar-refractivity contribution in [1.29, 1.82) is 0 Å². The van der Waals surface area contributed by atoms with E-state index < -0.39 is 16.8 Å². The minimum Gasteiger partial charge on any atom is -0.462 e. The fourth-order valence-corrected chi connectivity index (χ4v) is 3.63. The first-order valence-corrected chi connectivity index (χ1v) is 9.76. The van der Waals surface area contributed by atoms with Gasteiger partial charge in [0.25, 0.3) is 17.5 Å². The standard InChI is InChI=1S/C19H21N3O6S/c1-4-9-20-17(24)15-11(3)14(19(25)28-5-2)18(29-15)21-16(23)12-7-6-8-13(10-12)22(26)27/h6-8,10H,4-5,9H2,1-3H3,(H,20,24)(H,21,23). The van der Waals surface area contributed by atoms with E-state index in [0.717, 1.165) is 23.8 Å². The van der Waals surface area contributed by atoms with Crippen molar-refractivity contribution >= 4 is 39.8 Å². The number of esters is 1. The zero-order valence-electron chi connectivity index (χ0n) is 16.2. The van der Waals surface area contributed by atoms with Gasteiger partial charge in [0.1, 0.15) is 5.00 Å². The maximum absolute atomic E-state index is 12.6. The van der Waals surface area contributed by atoms with Gasteiger partial charge in [-0.1, -0.05) is 13.0 Å². The van der Waals surface area contributed by atoms with E-state index in [9.17, 15) is 24.5 Å². The average Bonchev–Trinajstić information content (AvgIpc) is 3.02. The number of thiophene rings is 1. The minimum absolute atomic E-state index is 0.0528. The SMILES string of the molecule is CCCNC(=O)c1sc(NC(=O)c2cccc([N+](=O)[O-])c2)c(C(=O)OCC)c1C. The van der Waals surface area contributed by atoms with Crippen LogP contribution in [0.4, 0.5) is 10.7 Å². The molecule has 0 fully saturated rings. The summed E-state index contributed by atoms with van der Waals surface area (Å²) in [6.45, 7) is 5.77. The van der Waals surface area contributed by atoms with Crippen LogP contribution in [0.15, 0.2) is 24.3 Å². The largest absolute Gasteiger partial charge is 0.462 e. The number of carbonyl (C=O) groups excluding carboxylic acids is 3. The van der Waals surface area contributed by atoms with E-state index in [-0.39, 0.29) is 39.2 Å². The van der Waals surface area contributed by atoms with Gasteiger partial charge in [-0.3, -0.25) is 19.7 Å². The van der Waals surface area contributed by atoms with Gasteiger partial charge in [0.15, 0.2) is 0 Å². The average molecular weight is 419 g/mol. The number of ether oxygens (including phenoxy) is 1. The molecule has 2 rings (SSSR count). The molecular weight excluding hydrogens is 398 g/mol. The molecule has 2 amide bonds. The Morgan fingerprint density at radius 1 is 1.21 bits per heavy atom. The van der Waals surface area contributed by atoms with Gasteiger partial charge in [0.05, 0.1) is 22.0 Å². The van der Waals surface area contributed by atoms with Crippen molar-refractivity contribution < 1.29 is 24.0 Å². The molecular formula is C19H21N3O6S. The quantitative estimate of drug-likeness (QED) is 0.383. The van der Waals surface area contributed by atoms with Crippen molar-refractivity contribution in [2.45, 2.75) is 27.2 Å². The molecule has 29 heavy (non-hydrogen) atoms. The Balaban J connectivity index is 2.40. The Kier molecular flexibility index (Phi) is 7.43. The summed E-state index contributed by atoms with van der Waals surface area (Å²) >= 11 is 0.954. The third-order valence-corrected chi connectivity index (χ3v) is 5.12. The second-order valence-electron chi connectivity index (χ2n) is 6.00. The number of benzene rings is 1. The Bertz CT molecular complexity index is 953. The Labute approximate surface area is 171 Å². The van der Waals surface area contributed by atoms with Gasteiger partial charge in [-0.05, 0) is 31.9 Å². The van der Waals surface area contributed by atoms with E-state index in [1.165, 1.54) is 18.2 Å². The van der Waals surface area contributed by atoms with Crippen molar-refractivity contribution in [3.05, 3.63) is 55.9 Å². The number of nitro benzene ring substituents is 1. The summed E-state index contributed by atoms with van der Waals surface area (Å²) in [5, 5.41) is 16.4. The van der Waals surface area contributed by atoms with Crippen LogP contribution in [0, 0.1) is 17.0 Å². The van der Waals surface area contributed by atoms with Crippen LogP contribution >= 0.6 is 11.3 Å². The summed E-state index contributed by atoms with van der Waals surface area (Å²) in [6.07, 6.45) is 0.747. The second kappa shape index (κ2) is 9.78. The van der Waals surface area contributed by atoms with Crippen molar-refractivity contribution in [2.24, 2.45) is 0 Å². The molecule has 2 N–H and O–H groups in total. The van der Waals surface area contributed by atoms with Crippen LogP contribution in [0.5, 0.6) is 0 Å². The van der Waals surface area contributed by atoms with E-state index in [4.69, 9.17) is 4.74 Å².